The van der Waals surface area contributed by atoms with E-state index in [1.54, 1.807) is 6.07 Å². The van der Waals surface area contributed by atoms with Crippen LogP contribution in [0.5, 0.6) is 0 Å². The molecule has 0 heterocycles. The minimum atomic E-state index is -3.36. The Balaban J connectivity index is 2.75. The second-order valence-corrected chi connectivity index (χ2v) is 6.68. The highest BCUT2D eigenvalue weighted by molar-refractivity contribution is 7.92. The van der Waals surface area contributed by atoms with Gasteiger partial charge in [-0.1, -0.05) is 19.1 Å². The molecule has 112 valence electrons. The molecule has 5 nitrogen and oxygen atoms in total. The first kappa shape index (κ1) is 16.5. The van der Waals surface area contributed by atoms with E-state index in [9.17, 15) is 13.2 Å². The van der Waals surface area contributed by atoms with Crippen molar-refractivity contribution in [3.8, 4) is 0 Å². The highest BCUT2D eigenvalue weighted by atomic mass is 32.2. The average molecular weight is 298 g/mol. The Kier molecular flexibility index (Phi) is 6.01. The fraction of sp³-hybridized carbons (Fsp3) is 0.500. The number of carbonyl (C=O) groups is 1. The molecule has 0 aromatic heterocycles. The summed E-state index contributed by atoms with van der Waals surface area (Å²) in [7, 11) is -3.36. The van der Waals surface area contributed by atoms with E-state index in [1.807, 2.05) is 32.0 Å². The molecule has 1 amide bonds. The van der Waals surface area contributed by atoms with E-state index in [0.717, 1.165) is 12.0 Å². The van der Waals surface area contributed by atoms with Crippen molar-refractivity contribution in [2.24, 2.45) is 0 Å². The Morgan fingerprint density at radius 2 is 2.05 bits per heavy atom. The Morgan fingerprint density at radius 3 is 2.60 bits per heavy atom. The molecular formula is C14H22N2O3S. The molecule has 20 heavy (non-hydrogen) atoms. The van der Waals surface area contributed by atoms with E-state index in [1.165, 1.54) is 10.6 Å². The van der Waals surface area contributed by atoms with Gasteiger partial charge in [-0.3, -0.25) is 9.10 Å². The molecule has 0 aliphatic rings. The Bertz CT molecular complexity index is 555. The highest BCUT2D eigenvalue weighted by Gasteiger charge is 2.17. The maximum atomic E-state index is 11.9. The fourth-order valence-corrected chi connectivity index (χ4v) is 2.80. The number of aryl methyl sites for hydroxylation is 1. The molecule has 6 heteroatoms. The van der Waals surface area contributed by atoms with Crippen LogP contribution in [0.3, 0.4) is 0 Å². The van der Waals surface area contributed by atoms with Crippen LogP contribution < -0.4 is 9.62 Å². The van der Waals surface area contributed by atoms with Gasteiger partial charge in [0.25, 0.3) is 0 Å². The normalized spacial score (nSPS) is 11.2. The predicted octanol–water partition coefficient (Wildman–Crippen LogP) is 1.68. The summed E-state index contributed by atoms with van der Waals surface area (Å²) >= 11 is 0. The number of benzene rings is 1. The molecule has 1 aromatic carbocycles. The van der Waals surface area contributed by atoms with Gasteiger partial charge in [0.1, 0.15) is 0 Å². The van der Waals surface area contributed by atoms with Gasteiger partial charge in [-0.2, -0.15) is 0 Å². The van der Waals surface area contributed by atoms with Crippen LogP contribution in [0, 0.1) is 6.92 Å². The maximum absolute atomic E-state index is 11.9. The van der Waals surface area contributed by atoms with E-state index < -0.39 is 10.0 Å². The SMILES string of the molecule is CCCC(=O)NCCN(c1cccc(C)c1)S(C)(=O)=O. The number of carbonyl (C=O) groups excluding carboxylic acids is 1. The number of hydrogen-bond acceptors (Lipinski definition) is 3. The number of amides is 1. The summed E-state index contributed by atoms with van der Waals surface area (Å²) < 4.78 is 25.0. The summed E-state index contributed by atoms with van der Waals surface area (Å²) in [6.45, 7) is 4.37. The predicted molar refractivity (Wildman–Crippen MR) is 81.3 cm³/mol. The smallest absolute Gasteiger partial charge is 0.232 e. The lowest BCUT2D eigenvalue weighted by molar-refractivity contribution is -0.121. The van der Waals surface area contributed by atoms with Gasteiger partial charge < -0.3 is 5.32 Å². The summed E-state index contributed by atoms with van der Waals surface area (Å²) in [6.07, 6.45) is 2.41. The summed E-state index contributed by atoms with van der Waals surface area (Å²) in [5.74, 6) is -0.0507. The van der Waals surface area contributed by atoms with Gasteiger partial charge in [-0.15, -0.1) is 0 Å². The number of anilines is 1. The quantitative estimate of drug-likeness (QED) is 0.833. The van der Waals surface area contributed by atoms with Gasteiger partial charge in [-0.05, 0) is 31.0 Å². The lowest BCUT2D eigenvalue weighted by Gasteiger charge is -2.23. The zero-order valence-electron chi connectivity index (χ0n) is 12.2. The summed E-state index contributed by atoms with van der Waals surface area (Å²) in [5, 5.41) is 2.73. The topological polar surface area (TPSA) is 66.5 Å². The van der Waals surface area contributed by atoms with Crippen molar-refractivity contribution >= 4 is 21.6 Å². The molecule has 0 aliphatic carbocycles. The molecule has 1 aromatic rings. The van der Waals surface area contributed by atoms with Gasteiger partial charge >= 0.3 is 0 Å². The third-order valence-electron chi connectivity index (χ3n) is 2.80. The van der Waals surface area contributed by atoms with Gasteiger partial charge in [0, 0.05) is 13.0 Å². The van der Waals surface area contributed by atoms with Gasteiger partial charge in [-0.25, -0.2) is 8.42 Å². The van der Waals surface area contributed by atoms with Crippen LogP contribution >= 0.6 is 0 Å². The third kappa shape index (κ3) is 5.21. The first-order chi connectivity index (χ1) is 9.34. The average Bonchev–Trinajstić information content (AvgIpc) is 2.33. The third-order valence-corrected chi connectivity index (χ3v) is 4.00. The molecule has 1 rings (SSSR count). The second kappa shape index (κ2) is 7.28. The van der Waals surface area contributed by atoms with Crippen LogP contribution in [0.25, 0.3) is 0 Å². The van der Waals surface area contributed by atoms with Gasteiger partial charge in [0.2, 0.25) is 15.9 Å². The zero-order valence-corrected chi connectivity index (χ0v) is 13.0. The van der Waals surface area contributed by atoms with Crippen LogP contribution in [-0.4, -0.2) is 33.7 Å². The highest BCUT2D eigenvalue weighted by Crippen LogP contribution is 2.18. The van der Waals surface area contributed by atoms with Crippen LogP contribution in [0.4, 0.5) is 5.69 Å². The van der Waals surface area contributed by atoms with Crippen molar-refractivity contribution in [2.75, 3.05) is 23.7 Å². The van der Waals surface area contributed by atoms with Crippen molar-refractivity contribution in [3.05, 3.63) is 29.8 Å². The summed E-state index contributed by atoms with van der Waals surface area (Å²) in [5.41, 5.74) is 1.61. The molecule has 0 saturated heterocycles. The lowest BCUT2D eigenvalue weighted by atomic mass is 10.2. The van der Waals surface area contributed by atoms with Gasteiger partial charge in [0.05, 0.1) is 18.5 Å². The van der Waals surface area contributed by atoms with Crippen LogP contribution in [0.2, 0.25) is 0 Å². The molecule has 0 saturated carbocycles. The maximum Gasteiger partial charge on any atom is 0.232 e. The number of nitrogens with zero attached hydrogens (tertiary/aromatic N) is 1. The van der Waals surface area contributed by atoms with Gasteiger partial charge in [0.15, 0.2) is 0 Å². The molecule has 0 atom stereocenters. The van der Waals surface area contributed by atoms with Crippen molar-refractivity contribution in [1.82, 2.24) is 5.32 Å². The van der Waals surface area contributed by atoms with E-state index in [4.69, 9.17) is 0 Å². The molecule has 1 N–H and O–H groups in total. The standard InChI is InChI=1S/C14H22N2O3S/c1-4-6-14(17)15-9-10-16(20(3,18)19)13-8-5-7-12(2)11-13/h5,7-8,11H,4,6,9-10H2,1-3H3,(H,15,17). The zero-order chi connectivity index (χ0) is 15.2. The van der Waals surface area contributed by atoms with Crippen molar-refractivity contribution in [2.45, 2.75) is 26.7 Å². The van der Waals surface area contributed by atoms with Crippen LogP contribution in [0.15, 0.2) is 24.3 Å². The number of nitrogens with one attached hydrogen (secondary N) is 1. The van der Waals surface area contributed by atoms with Crippen molar-refractivity contribution in [3.63, 3.8) is 0 Å². The van der Waals surface area contributed by atoms with Crippen LogP contribution in [-0.2, 0) is 14.8 Å². The summed E-state index contributed by atoms with van der Waals surface area (Å²) in [4.78, 5) is 11.4. The molecule has 0 spiro atoms. The first-order valence-electron chi connectivity index (χ1n) is 6.65. The molecule has 0 unspecified atom stereocenters. The van der Waals surface area contributed by atoms with Crippen molar-refractivity contribution in [1.29, 1.82) is 0 Å². The number of hydrogen-bond donors (Lipinski definition) is 1. The van der Waals surface area contributed by atoms with E-state index in [2.05, 4.69) is 5.32 Å². The minimum absolute atomic E-state index is 0.0507. The number of rotatable bonds is 7. The van der Waals surface area contributed by atoms with E-state index >= 15 is 0 Å². The molecule has 0 aliphatic heterocycles. The van der Waals surface area contributed by atoms with E-state index in [-0.39, 0.29) is 12.5 Å². The minimum Gasteiger partial charge on any atom is -0.354 e. The van der Waals surface area contributed by atoms with E-state index in [0.29, 0.717) is 18.7 Å². The molecule has 0 bridgehead atoms. The Labute approximate surface area is 121 Å². The summed E-state index contributed by atoms with van der Waals surface area (Å²) in [6, 6.07) is 7.29. The first-order valence-corrected chi connectivity index (χ1v) is 8.50. The molecular weight excluding hydrogens is 276 g/mol. The largest absolute Gasteiger partial charge is 0.354 e. The number of sulfonamides is 1. The Hall–Kier alpha value is -1.56. The monoisotopic (exact) mass is 298 g/mol. The second-order valence-electron chi connectivity index (χ2n) is 4.77. The lowest BCUT2D eigenvalue weighted by Crippen LogP contribution is -2.38. The molecule has 0 fully saturated rings. The molecule has 0 radical (unpaired) electrons. The van der Waals surface area contributed by atoms with Crippen LogP contribution in [0.1, 0.15) is 25.3 Å². The van der Waals surface area contributed by atoms with Crippen molar-refractivity contribution < 1.29 is 13.2 Å². The fourth-order valence-electron chi connectivity index (χ4n) is 1.88. The Morgan fingerprint density at radius 1 is 1.35 bits per heavy atom.